The molecule has 1 saturated heterocycles. The molecule has 2 amide bonds. The Morgan fingerprint density at radius 3 is 2.32 bits per heavy atom. The molecule has 2 rings (SSSR count). The van der Waals surface area contributed by atoms with Gasteiger partial charge < -0.3 is 14.5 Å². The van der Waals surface area contributed by atoms with Crippen molar-refractivity contribution in [3.63, 3.8) is 0 Å². The summed E-state index contributed by atoms with van der Waals surface area (Å²) >= 11 is 0. The molecule has 0 aromatic heterocycles. The zero-order valence-electron chi connectivity index (χ0n) is 15.7. The first-order valence-corrected chi connectivity index (χ1v) is 9.18. The molecule has 0 unspecified atom stereocenters. The molecule has 5 nitrogen and oxygen atoms in total. The zero-order valence-corrected chi connectivity index (χ0v) is 15.7. The molecule has 0 bridgehead atoms. The first-order chi connectivity index (χ1) is 12.0. The Kier molecular flexibility index (Phi) is 7.29. The maximum Gasteiger partial charge on any atom is 0.222 e. The van der Waals surface area contributed by atoms with Gasteiger partial charge in [-0.15, -0.1) is 0 Å². The second-order valence-corrected chi connectivity index (χ2v) is 7.02. The maximum atomic E-state index is 12.6. The van der Waals surface area contributed by atoms with E-state index in [0.717, 1.165) is 30.8 Å². The van der Waals surface area contributed by atoms with E-state index in [9.17, 15) is 9.59 Å². The fraction of sp³-hybridized carbons (Fsp3) is 0.600. The van der Waals surface area contributed by atoms with Crippen molar-refractivity contribution in [3.05, 3.63) is 29.8 Å². The van der Waals surface area contributed by atoms with Crippen LogP contribution in [0.4, 0.5) is 0 Å². The van der Waals surface area contributed by atoms with E-state index in [1.807, 2.05) is 34.1 Å². The Morgan fingerprint density at radius 1 is 1.04 bits per heavy atom. The van der Waals surface area contributed by atoms with Crippen molar-refractivity contribution in [2.24, 2.45) is 5.92 Å². The minimum atomic E-state index is 0.157. The Bertz CT molecular complexity index is 586. The van der Waals surface area contributed by atoms with Crippen LogP contribution in [-0.4, -0.2) is 54.9 Å². The van der Waals surface area contributed by atoms with Crippen LogP contribution >= 0.6 is 0 Å². The van der Waals surface area contributed by atoms with Gasteiger partial charge in [0, 0.05) is 39.0 Å². The number of amides is 2. The minimum Gasteiger partial charge on any atom is -0.496 e. The van der Waals surface area contributed by atoms with Crippen LogP contribution in [0.5, 0.6) is 5.75 Å². The first-order valence-electron chi connectivity index (χ1n) is 9.18. The highest BCUT2D eigenvalue weighted by molar-refractivity contribution is 5.78. The summed E-state index contributed by atoms with van der Waals surface area (Å²) in [5.74, 6) is 1.56. The number of aryl methyl sites for hydroxylation is 1. The van der Waals surface area contributed by atoms with Gasteiger partial charge in [-0.1, -0.05) is 32.0 Å². The van der Waals surface area contributed by atoms with E-state index >= 15 is 0 Å². The number of carbonyl (C=O) groups is 2. The molecule has 5 heteroatoms. The molecule has 1 aromatic carbocycles. The molecule has 1 aliphatic rings. The largest absolute Gasteiger partial charge is 0.496 e. The summed E-state index contributed by atoms with van der Waals surface area (Å²) in [5, 5.41) is 0. The summed E-state index contributed by atoms with van der Waals surface area (Å²) in [6.07, 6.45) is 2.58. The average molecular weight is 346 g/mol. The van der Waals surface area contributed by atoms with Crippen molar-refractivity contribution in [1.29, 1.82) is 0 Å². The van der Waals surface area contributed by atoms with Gasteiger partial charge in [-0.25, -0.2) is 0 Å². The normalized spacial score (nSPS) is 15.2. The van der Waals surface area contributed by atoms with Crippen LogP contribution < -0.4 is 4.74 Å². The minimum absolute atomic E-state index is 0.157. The van der Waals surface area contributed by atoms with Crippen molar-refractivity contribution in [3.8, 4) is 5.75 Å². The number of rotatable bonds is 6. The molecule has 1 aliphatic heterocycles. The van der Waals surface area contributed by atoms with Crippen molar-refractivity contribution in [1.82, 2.24) is 9.80 Å². The van der Waals surface area contributed by atoms with Crippen LogP contribution in [-0.2, 0) is 16.0 Å². The Morgan fingerprint density at radius 2 is 1.68 bits per heavy atom. The molecule has 0 radical (unpaired) electrons. The van der Waals surface area contributed by atoms with Crippen LogP contribution in [0.3, 0.4) is 0 Å². The predicted octanol–water partition coefficient (Wildman–Crippen LogP) is 2.73. The highest BCUT2D eigenvalue weighted by Crippen LogP contribution is 2.19. The van der Waals surface area contributed by atoms with Crippen molar-refractivity contribution in [2.45, 2.75) is 39.5 Å². The molecular formula is C20H30N2O3. The van der Waals surface area contributed by atoms with Crippen LogP contribution in [0.25, 0.3) is 0 Å². The summed E-state index contributed by atoms with van der Waals surface area (Å²) in [4.78, 5) is 28.6. The molecule has 0 atom stereocenters. The highest BCUT2D eigenvalue weighted by Gasteiger charge is 2.22. The lowest BCUT2D eigenvalue weighted by Gasteiger charge is -2.23. The molecule has 0 N–H and O–H groups in total. The van der Waals surface area contributed by atoms with Gasteiger partial charge in [-0.05, 0) is 30.4 Å². The van der Waals surface area contributed by atoms with Crippen LogP contribution in [0, 0.1) is 5.92 Å². The van der Waals surface area contributed by atoms with E-state index in [4.69, 9.17) is 4.74 Å². The van der Waals surface area contributed by atoms with Crippen LogP contribution in [0.2, 0.25) is 0 Å². The van der Waals surface area contributed by atoms with E-state index in [2.05, 4.69) is 13.8 Å². The Balaban J connectivity index is 1.85. The van der Waals surface area contributed by atoms with Gasteiger partial charge in [0.25, 0.3) is 0 Å². The summed E-state index contributed by atoms with van der Waals surface area (Å²) in [7, 11) is 1.65. The molecule has 138 valence electrons. The number of nitrogens with zero attached hydrogens (tertiary/aromatic N) is 2. The molecule has 0 saturated carbocycles. The lowest BCUT2D eigenvalue weighted by atomic mass is 10.1. The molecule has 0 spiro atoms. The second-order valence-electron chi connectivity index (χ2n) is 7.02. The standard InChI is InChI=1S/C20H30N2O3/c1-16(2)15-20(24)22-12-6-11-21(13-14-22)19(23)10-9-17-7-4-5-8-18(17)25-3/h4-5,7-8,16H,6,9-15H2,1-3H3. The topological polar surface area (TPSA) is 49.9 Å². The molecule has 1 heterocycles. The van der Waals surface area contributed by atoms with Crippen molar-refractivity contribution < 1.29 is 14.3 Å². The monoisotopic (exact) mass is 346 g/mol. The Labute approximate surface area is 150 Å². The zero-order chi connectivity index (χ0) is 18.2. The maximum absolute atomic E-state index is 12.6. The highest BCUT2D eigenvalue weighted by atomic mass is 16.5. The number of hydrogen-bond donors (Lipinski definition) is 0. The van der Waals surface area contributed by atoms with Crippen molar-refractivity contribution >= 4 is 11.8 Å². The van der Waals surface area contributed by atoms with Gasteiger partial charge in [-0.2, -0.15) is 0 Å². The fourth-order valence-electron chi connectivity index (χ4n) is 3.20. The number of hydrogen-bond acceptors (Lipinski definition) is 3. The fourth-order valence-corrected chi connectivity index (χ4v) is 3.20. The van der Waals surface area contributed by atoms with E-state index in [1.165, 1.54) is 0 Å². The summed E-state index contributed by atoms with van der Waals surface area (Å²) in [5.41, 5.74) is 1.06. The predicted molar refractivity (Wildman–Crippen MR) is 98.5 cm³/mol. The number of methoxy groups -OCH3 is 1. The van der Waals surface area contributed by atoms with E-state index in [-0.39, 0.29) is 11.8 Å². The average Bonchev–Trinajstić information content (AvgIpc) is 2.85. The van der Waals surface area contributed by atoms with Crippen LogP contribution in [0.1, 0.15) is 38.7 Å². The molecule has 25 heavy (non-hydrogen) atoms. The Hall–Kier alpha value is -2.04. The third-order valence-corrected chi connectivity index (χ3v) is 4.58. The van der Waals surface area contributed by atoms with Gasteiger partial charge in [0.1, 0.15) is 5.75 Å². The second kappa shape index (κ2) is 9.44. The number of benzene rings is 1. The lowest BCUT2D eigenvalue weighted by molar-refractivity contribution is -0.134. The number of para-hydroxylation sites is 1. The van der Waals surface area contributed by atoms with Gasteiger partial charge in [0.15, 0.2) is 0 Å². The first kappa shape index (κ1) is 19.3. The van der Waals surface area contributed by atoms with E-state index in [1.54, 1.807) is 7.11 Å². The summed E-state index contributed by atoms with van der Waals surface area (Å²) in [6, 6.07) is 7.82. The third-order valence-electron chi connectivity index (χ3n) is 4.58. The van der Waals surface area contributed by atoms with Gasteiger partial charge >= 0.3 is 0 Å². The molecular weight excluding hydrogens is 316 g/mol. The van der Waals surface area contributed by atoms with Gasteiger partial charge in [0.05, 0.1) is 7.11 Å². The van der Waals surface area contributed by atoms with E-state index in [0.29, 0.717) is 38.3 Å². The quantitative estimate of drug-likeness (QED) is 0.796. The number of carbonyl (C=O) groups excluding carboxylic acids is 2. The van der Waals surface area contributed by atoms with Gasteiger partial charge in [-0.3, -0.25) is 9.59 Å². The summed E-state index contributed by atoms with van der Waals surface area (Å²) < 4.78 is 5.35. The lowest BCUT2D eigenvalue weighted by Crippen LogP contribution is -2.37. The smallest absolute Gasteiger partial charge is 0.222 e. The van der Waals surface area contributed by atoms with Gasteiger partial charge in [0.2, 0.25) is 11.8 Å². The molecule has 0 aliphatic carbocycles. The number of ether oxygens (including phenoxy) is 1. The van der Waals surface area contributed by atoms with Crippen LogP contribution in [0.15, 0.2) is 24.3 Å². The molecule has 1 fully saturated rings. The molecule has 1 aromatic rings. The summed E-state index contributed by atoms with van der Waals surface area (Å²) in [6.45, 7) is 6.88. The van der Waals surface area contributed by atoms with Crippen molar-refractivity contribution in [2.75, 3.05) is 33.3 Å². The third kappa shape index (κ3) is 5.76. The van der Waals surface area contributed by atoms with E-state index < -0.39 is 0 Å². The SMILES string of the molecule is COc1ccccc1CCC(=O)N1CCCN(C(=O)CC(C)C)CC1.